The molecule has 0 aliphatic carbocycles. The lowest BCUT2D eigenvalue weighted by molar-refractivity contribution is -0.385. The van der Waals surface area contributed by atoms with Crippen molar-refractivity contribution in [2.45, 2.75) is 25.9 Å². The second-order valence-corrected chi connectivity index (χ2v) is 5.73. The van der Waals surface area contributed by atoms with Gasteiger partial charge in [-0.3, -0.25) is 14.9 Å². The maximum absolute atomic E-state index is 12.4. The average Bonchev–Trinajstić information content (AvgIpc) is 2.52. The van der Waals surface area contributed by atoms with Crippen molar-refractivity contribution in [2.75, 3.05) is 25.0 Å². The summed E-state index contributed by atoms with van der Waals surface area (Å²) in [5.41, 5.74) is 0.519. The second-order valence-electron chi connectivity index (χ2n) is 5.73. The van der Waals surface area contributed by atoms with Gasteiger partial charge in [-0.1, -0.05) is 0 Å². The molecule has 24 heavy (non-hydrogen) atoms. The lowest BCUT2D eigenvalue weighted by Gasteiger charge is -2.32. The minimum Gasteiger partial charge on any atom is -0.370 e. The third kappa shape index (κ3) is 4.33. The molecule has 2 heterocycles. The summed E-state index contributed by atoms with van der Waals surface area (Å²) in [6, 6.07) is 1.40. The lowest BCUT2D eigenvalue weighted by atomic mass is 9.96. The fraction of sp³-hybridized carbons (Fsp3) is 0.571. The minimum atomic E-state index is -4.83. The number of hydrogen-bond donors (Lipinski definition) is 1. The molecule has 0 spiro atoms. The number of rotatable bonds is 4. The highest BCUT2D eigenvalue weighted by Gasteiger charge is 2.43. The molecule has 10 heteroatoms. The fourth-order valence-electron chi connectivity index (χ4n) is 2.61. The second kappa shape index (κ2) is 7.02. The number of hydrogen-bond acceptors (Lipinski definition) is 5. The van der Waals surface area contributed by atoms with Crippen molar-refractivity contribution in [1.29, 1.82) is 0 Å². The summed E-state index contributed by atoms with van der Waals surface area (Å²) in [6.07, 6.45) is -2.76. The van der Waals surface area contributed by atoms with Crippen molar-refractivity contribution in [1.82, 2.24) is 9.88 Å². The molecule has 0 aromatic carbocycles. The summed E-state index contributed by atoms with van der Waals surface area (Å²) in [7, 11) is 0. The zero-order valence-electron chi connectivity index (χ0n) is 13.0. The number of alkyl halides is 3. The first-order valence-electron chi connectivity index (χ1n) is 7.39. The Morgan fingerprint density at radius 1 is 1.46 bits per heavy atom. The molecule has 1 amide bonds. The number of halogens is 3. The van der Waals surface area contributed by atoms with Crippen LogP contribution in [0.4, 0.5) is 24.7 Å². The van der Waals surface area contributed by atoms with Gasteiger partial charge in [-0.25, -0.2) is 4.98 Å². The Labute approximate surface area is 136 Å². The third-order valence-corrected chi connectivity index (χ3v) is 3.98. The van der Waals surface area contributed by atoms with Crippen LogP contribution in [0.3, 0.4) is 0 Å². The number of anilines is 1. The summed E-state index contributed by atoms with van der Waals surface area (Å²) in [6.45, 7) is 2.31. The molecule has 1 fully saturated rings. The van der Waals surface area contributed by atoms with Gasteiger partial charge in [-0.2, -0.15) is 13.2 Å². The molecule has 7 nitrogen and oxygen atoms in total. The van der Waals surface area contributed by atoms with Crippen LogP contribution >= 0.6 is 0 Å². The van der Waals surface area contributed by atoms with Gasteiger partial charge in [0.1, 0.15) is 12.0 Å². The number of aromatic nitrogens is 1. The summed E-state index contributed by atoms with van der Waals surface area (Å²) in [5.74, 6) is -1.17. The van der Waals surface area contributed by atoms with Crippen molar-refractivity contribution < 1.29 is 22.9 Å². The number of nitro groups is 1. The Hall–Kier alpha value is -2.39. The number of carbonyl (C=O) groups excluding carboxylic acids is 1. The van der Waals surface area contributed by atoms with Gasteiger partial charge >= 0.3 is 12.1 Å². The van der Waals surface area contributed by atoms with Gasteiger partial charge in [0.2, 0.25) is 0 Å². The highest BCUT2D eigenvalue weighted by molar-refractivity contribution is 5.81. The standard InChI is InChI=1S/C14H17F3N4O3/c1-9-6-11(21(23)24)8-19-12(9)18-7-10-2-4-20(5-3-10)13(22)14(15,16)17/h6,8,10H,2-5,7H2,1H3,(H,18,19). The van der Waals surface area contributed by atoms with E-state index in [0.29, 0.717) is 30.8 Å². The summed E-state index contributed by atoms with van der Waals surface area (Å²) < 4.78 is 37.1. The molecular weight excluding hydrogens is 329 g/mol. The summed E-state index contributed by atoms with van der Waals surface area (Å²) in [5, 5.41) is 13.7. The molecule has 1 N–H and O–H groups in total. The van der Waals surface area contributed by atoms with Crippen LogP contribution in [-0.2, 0) is 4.79 Å². The molecule has 1 saturated heterocycles. The van der Waals surface area contributed by atoms with Crippen LogP contribution < -0.4 is 5.32 Å². The normalized spacial score (nSPS) is 16.1. The van der Waals surface area contributed by atoms with Crippen LogP contribution in [0.2, 0.25) is 0 Å². The van der Waals surface area contributed by atoms with Crippen LogP contribution in [-0.4, -0.2) is 46.5 Å². The first kappa shape index (κ1) is 18.0. The van der Waals surface area contributed by atoms with Gasteiger partial charge in [0.25, 0.3) is 5.69 Å². The van der Waals surface area contributed by atoms with Crippen LogP contribution in [0, 0.1) is 23.0 Å². The van der Waals surface area contributed by atoms with Gasteiger partial charge < -0.3 is 10.2 Å². The van der Waals surface area contributed by atoms with E-state index in [1.54, 1.807) is 6.92 Å². The Balaban J connectivity index is 1.85. The molecule has 2 rings (SSSR count). The summed E-state index contributed by atoms with van der Waals surface area (Å²) in [4.78, 5) is 26.1. The van der Waals surface area contributed by atoms with E-state index >= 15 is 0 Å². The zero-order valence-corrected chi connectivity index (χ0v) is 13.0. The van der Waals surface area contributed by atoms with Crippen LogP contribution in [0.25, 0.3) is 0 Å². The van der Waals surface area contributed by atoms with Crippen molar-refractivity contribution in [3.05, 3.63) is 27.9 Å². The monoisotopic (exact) mass is 346 g/mol. The Kier molecular flexibility index (Phi) is 5.25. The number of aryl methyl sites for hydroxylation is 1. The lowest BCUT2D eigenvalue weighted by Crippen LogP contribution is -2.46. The van der Waals surface area contributed by atoms with Gasteiger partial charge in [0.05, 0.1) is 4.92 Å². The predicted molar refractivity (Wildman–Crippen MR) is 79.5 cm³/mol. The first-order chi connectivity index (χ1) is 11.2. The number of pyridine rings is 1. The number of amides is 1. The number of carbonyl (C=O) groups is 1. The van der Waals surface area contributed by atoms with Crippen molar-refractivity contribution in [3.8, 4) is 0 Å². The Morgan fingerprint density at radius 3 is 2.58 bits per heavy atom. The Morgan fingerprint density at radius 2 is 2.08 bits per heavy atom. The molecule has 0 unspecified atom stereocenters. The first-order valence-corrected chi connectivity index (χ1v) is 7.39. The largest absolute Gasteiger partial charge is 0.471 e. The highest BCUT2D eigenvalue weighted by Crippen LogP contribution is 2.25. The fourth-order valence-corrected chi connectivity index (χ4v) is 2.61. The molecule has 1 aromatic heterocycles. The molecule has 0 bridgehead atoms. The van der Waals surface area contributed by atoms with E-state index in [9.17, 15) is 28.1 Å². The van der Waals surface area contributed by atoms with Crippen molar-refractivity contribution in [2.24, 2.45) is 5.92 Å². The van der Waals surface area contributed by atoms with Gasteiger partial charge in [-0.05, 0) is 31.2 Å². The minimum absolute atomic E-state index is 0.0668. The van der Waals surface area contributed by atoms with Gasteiger partial charge in [0, 0.05) is 25.7 Å². The van der Waals surface area contributed by atoms with Crippen LogP contribution in [0.5, 0.6) is 0 Å². The average molecular weight is 346 g/mol. The van der Waals surface area contributed by atoms with Gasteiger partial charge in [-0.15, -0.1) is 0 Å². The van der Waals surface area contributed by atoms with Crippen LogP contribution in [0.15, 0.2) is 12.3 Å². The van der Waals surface area contributed by atoms with E-state index in [-0.39, 0.29) is 24.7 Å². The third-order valence-electron chi connectivity index (χ3n) is 3.98. The summed E-state index contributed by atoms with van der Waals surface area (Å²) >= 11 is 0. The quantitative estimate of drug-likeness (QED) is 0.668. The predicted octanol–water partition coefficient (Wildman–Crippen LogP) is 2.51. The van der Waals surface area contributed by atoms with Crippen LogP contribution in [0.1, 0.15) is 18.4 Å². The van der Waals surface area contributed by atoms with E-state index in [4.69, 9.17) is 0 Å². The highest BCUT2D eigenvalue weighted by atomic mass is 19.4. The molecule has 1 aromatic rings. The maximum atomic E-state index is 12.4. The molecular formula is C14H17F3N4O3. The molecule has 1 aliphatic rings. The maximum Gasteiger partial charge on any atom is 0.471 e. The molecule has 132 valence electrons. The Bertz CT molecular complexity index is 628. The van der Waals surface area contributed by atoms with Crippen molar-refractivity contribution >= 4 is 17.4 Å². The van der Waals surface area contributed by atoms with Crippen molar-refractivity contribution in [3.63, 3.8) is 0 Å². The molecule has 0 radical (unpaired) electrons. The van der Waals surface area contributed by atoms with Gasteiger partial charge in [0.15, 0.2) is 0 Å². The smallest absolute Gasteiger partial charge is 0.370 e. The number of nitrogens with one attached hydrogen (secondary N) is 1. The molecule has 0 atom stereocenters. The number of likely N-dealkylation sites (tertiary alicyclic amines) is 1. The van der Waals surface area contributed by atoms with E-state index in [1.807, 2.05) is 0 Å². The number of nitrogens with zero attached hydrogens (tertiary/aromatic N) is 3. The number of piperidine rings is 1. The SMILES string of the molecule is Cc1cc([N+](=O)[O-])cnc1NCC1CCN(C(=O)C(F)(F)F)CC1. The van der Waals surface area contributed by atoms with E-state index in [2.05, 4.69) is 10.3 Å². The molecule has 1 aliphatic heterocycles. The van der Waals surface area contributed by atoms with E-state index in [0.717, 1.165) is 11.1 Å². The molecule has 0 saturated carbocycles. The topological polar surface area (TPSA) is 88.4 Å². The zero-order chi connectivity index (χ0) is 17.9. The van der Waals surface area contributed by atoms with E-state index in [1.165, 1.54) is 6.07 Å². The van der Waals surface area contributed by atoms with E-state index < -0.39 is 17.0 Å².